The van der Waals surface area contributed by atoms with E-state index in [0.29, 0.717) is 5.56 Å². The molecule has 35 heavy (non-hydrogen) atoms. The average molecular weight is 495 g/mol. The molecule has 5 atom stereocenters. The minimum Gasteiger partial charge on any atom is -0.480 e. The zero-order chi connectivity index (χ0) is 26.7. The number of aliphatic hydroxyl groups is 1. The van der Waals surface area contributed by atoms with Gasteiger partial charge in [0, 0.05) is 6.42 Å². The van der Waals surface area contributed by atoms with E-state index < -0.39 is 78.6 Å². The molecule has 0 aliphatic rings. The van der Waals surface area contributed by atoms with Gasteiger partial charge in [-0.05, 0) is 12.5 Å². The van der Waals surface area contributed by atoms with E-state index in [1.807, 2.05) is 0 Å². The van der Waals surface area contributed by atoms with Crippen molar-refractivity contribution in [2.45, 2.75) is 56.5 Å². The summed E-state index contributed by atoms with van der Waals surface area (Å²) in [6, 6.07) is 2.37. The molecule has 0 bridgehead atoms. The maximum atomic E-state index is 12.7. The van der Waals surface area contributed by atoms with Gasteiger partial charge >= 0.3 is 5.97 Å². The SMILES string of the molecule is CC(O)C(NC(=O)C(N)CC(N)=O)C(=O)NC(CC(N)=O)C(=O)NC(Cc1ccccc1)C(=O)O. The molecule has 0 saturated heterocycles. The summed E-state index contributed by atoms with van der Waals surface area (Å²) in [6.45, 7) is 1.16. The summed E-state index contributed by atoms with van der Waals surface area (Å²) in [5.41, 5.74) is 16.3. The predicted molar refractivity (Wildman–Crippen MR) is 121 cm³/mol. The van der Waals surface area contributed by atoms with E-state index >= 15 is 0 Å². The van der Waals surface area contributed by atoms with Crippen molar-refractivity contribution >= 4 is 35.5 Å². The van der Waals surface area contributed by atoms with Crippen molar-refractivity contribution in [1.29, 1.82) is 0 Å². The number of aliphatic carboxylic acids is 1. The number of hydrogen-bond acceptors (Lipinski definition) is 8. The molecule has 0 aliphatic heterocycles. The lowest BCUT2D eigenvalue weighted by atomic mass is 10.0. The molecule has 0 fully saturated rings. The number of carboxylic acid groups (broad SMARTS) is 1. The zero-order valence-electron chi connectivity index (χ0n) is 19.0. The molecular weight excluding hydrogens is 464 g/mol. The van der Waals surface area contributed by atoms with Crippen LogP contribution in [0, 0.1) is 0 Å². The first-order valence-electron chi connectivity index (χ1n) is 10.5. The Morgan fingerprint density at radius 1 is 0.829 bits per heavy atom. The molecule has 14 nitrogen and oxygen atoms in total. The number of carbonyl (C=O) groups is 6. The Bertz CT molecular complexity index is 939. The molecule has 14 heteroatoms. The number of aliphatic hydroxyl groups excluding tert-OH is 1. The van der Waals surface area contributed by atoms with E-state index in [0.717, 1.165) is 6.92 Å². The highest BCUT2D eigenvalue weighted by atomic mass is 16.4. The number of carbonyl (C=O) groups excluding carboxylic acids is 5. The van der Waals surface area contributed by atoms with Gasteiger partial charge in [-0.15, -0.1) is 0 Å². The Labute approximate surface area is 200 Å². The average Bonchev–Trinajstić information content (AvgIpc) is 2.75. The highest BCUT2D eigenvalue weighted by molar-refractivity contribution is 5.96. The van der Waals surface area contributed by atoms with Crippen LogP contribution in [0.15, 0.2) is 30.3 Å². The van der Waals surface area contributed by atoms with Gasteiger partial charge < -0.3 is 43.4 Å². The van der Waals surface area contributed by atoms with Crippen molar-refractivity contribution < 1.29 is 39.0 Å². The molecule has 5 unspecified atom stereocenters. The Morgan fingerprint density at radius 3 is 1.86 bits per heavy atom. The summed E-state index contributed by atoms with van der Waals surface area (Å²) < 4.78 is 0. The number of benzene rings is 1. The minimum atomic E-state index is -1.64. The highest BCUT2D eigenvalue weighted by Crippen LogP contribution is 2.05. The molecule has 1 aromatic carbocycles. The summed E-state index contributed by atoms with van der Waals surface area (Å²) in [5, 5.41) is 26.0. The van der Waals surface area contributed by atoms with E-state index in [9.17, 15) is 39.0 Å². The summed E-state index contributed by atoms with van der Waals surface area (Å²) in [4.78, 5) is 71.7. The quantitative estimate of drug-likeness (QED) is 0.126. The summed E-state index contributed by atoms with van der Waals surface area (Å²) in [6.07, 6.45) is -2.79. The second-order valence-electron chi connectivity index (χ2n) is 7.82. The second-order valence-corrected chi connectivity index (χ2v) is 7.82. The van der Waals surface area contributed by atoms with Gasteiger partial charge in [-0.25, -0.2) is 4.79 Å². The van der Waals surface area contributed by atoms with Crippen LogP contribution in [0.2, 0.25) is 0 Å². The first-order chi connectivity index (χ1) is 16.3. The first kappa shape index (κ1) is 29.0. The van der Waals surface area contributed by atoms with Crippen molar-refractivity contribution in [3.8, 4) is 0 Å². The van der Waals surface area contributed by atoms with Crippen LogP contribution in [0.25, 0.3) is 0 Å². The van der Waals surface area contributed by atoms with E-state index in [1.54, 1.807) is 30.3 Å². The van der Waals surface area contributed by atoms with Crippen molar-refractivity contribution in [2.75, 3.05) is 0 Å². The molecular formula is C21H30N6O8. The van der Waals surface area contributed by atoms with Gasteiger partial charge in [0.05, 0.1) is 25.0 Å². The summed E-state index contributed by atoms with van der Waals surface area (Å²) in [7, 11) is 0. The van der Waals surface area contributed by atoms with Crippen molar-refractivity contribution in [1.82, 2.24) is 16.0 Å². The van der Waals surface area contributed by atoms with Crippen LogP contribution in [0.3, 0.4) is 0 Å². The third kappa shape index (κ3) is 10.2. The van der Waals surface area contributed by atoms with Gasteiger partial charge in [-0.3, -0.25) is 24.0 Å². The lowest BCUT2D eigenvalue weighted by molar-refractivity contribution is -0.142. The number of hydrogen-bond donors (Lipinski definition) is 8. The maximum absolute atomic E-state index is 12.7. The third-order valence-electron chi connectivity index (χ3n) is 4.76. The molecule has 0 heterocycles. The molecule has 1 rings (SSSR count). The standard InChI is InChI=1S/C21H30N6O8/c1-10(28)17(27-18(31)12(22)8-15(23)29)20(33)25-13(9-16(24)30)19(32)26-14(21(34)35)7-11-5-3-2-4-6-11/h2-6,10,12-14,17,28H,7-9,22H2,1H3,(H2,23,29)(H2,24,30)(H,25,33)(H,26,32)(H,27,31)(H,34,35). The van der Waals surface area contributed by atoms with Crippen LogP contribution in [-0.2, 0) is 35.2 Å². The minimum absolute atomic E-state index is 0.0801. The molecule has 0 spiro atoms. The van der Waals surface area contributed by atoms with E-state index in [-0.39, 0.29) is 6.42 Å². The lowest BCUT2D eigenvalue weighted by Crippen LogP contribution is -2.60. The fourth-order valence-corrected chi connectivity index (χ4v) is 2.97. The number of rotatable bonds is 14. The molecule has 5 amide bonds. The Hall–Kier alpha value is -4.04. The lowest BCUT2D eigenvalue weighted by Gasteiger charge is -2.26. The number of nitrogens with one attached hydrogen (secondary N) is 3. The van der Waals surface area contributed by atoms with Gasteiger partial charge in [-0.2, -0.15) is 0 Å². The fourth-order valence-electron chi connectivity index (χ4n) is 2.97. The molecule has 192 valence electrons. The topological polar surface area (TPSA) is 257 Å². The maximum Gasteiger partial charge on any atom is 0.326 e. The zero-order valence-corrected chi connectivity index (χ0v) is 19.0. The number of primary amides is 2. The van der Waals surface area contributed by atoms with Crippen LogP contribution in [-0.4, -0.2) is 76.0 Å². The number of carboxylic acids is 1. The van der Waals surface area contributed by atoms with Crippen LogP contribution < -0.4 is 33.2 Å². The van der Waals surface area contributed by atoms with Crippen LogP contribution in [0.5, 0.6) is 0 Å². The van der Waals surface area contributed by atoms with Crippen molar-refractivity contribution in [2.24, 2.45) is 17.2 Å². The number of nitrogens with two attached hydrogens (primary N) is 3. The smallest absolute Gasteiger partial charge is 0.326 e. The fraction of sp³-hybridized carbons (Fsp3) is 0.429. The van der Waals surface area contributed by atoms with Crippen molar-refractivity contribution in [3.05, 3.63) is 35.9 Å². The monoisotopic (exact) mass is 494 g/mol. The van der Waals surface area contributed by atoms with Gasteiger partial charge in [0.25, 0.3) is 0 Å². The molecule has 0 aliphatic carbocycles. The van der Waals surface area contributed by atoms with E-state index in [4.69, 9.17) is 17.2 Å². The molecule has 0 aromatic heterocycles. The Balaban J connectivity index is 2.98. The Kier molecular flexibility index (Phi) is 11.3. The number of amides is 5. The van der Waals surface area contributed by atoms with Gasteiger partial charge in [0.15, 0.2) is 0 Å². The van der Waals surface area contributed by atoms with Gasteiger partial charge in [0.2, 0.25) is 29.5 Å². The predicted octanol–water partition coefficient (Wildman–Crippen LogP) is -3.77. The van der Waals surface area contributed by atoms with Crippen LogP contribution in [0.4, 0.5) is 0 Å². The van der Waals surface area contributed by atoms with Crippen molar-refractivity contribution in [3.63, 3.8) is 0 Å². The normalized spacial score (nSPS) is 14.9. The highest BCUT2D eigenvalue weighted by Gasteiger charge is 2.33. The first-order valence-corrected chi connectivity index (χ1v) is 10.5. The molecule has 1 aromatic rings. The third-order valence-corrected chi connectivity index (χ3v) is 4.76. The van der Waals surface area contributed by atoms with E-state index in [2.05, 4.69) is 16.0 Å². The van der Waals surface area contributed by atoms with Gasteiger partial charge in [0.1, 0.15) is 18.1 Å². The largest absolute Gasteiger partial charge is 0.480 e. The van der Waals surface area contributed by atoms with Crippen LogP contribution in [0.1, 0.15) is 25.3 Å². The van der Waals surface area contributed by atoms with Gasteiger partial charge in [-0.1, -0.05) is 30.3 Å². The summed E-state index contributed by atoms with van der Waals surface area (Å²) in [5.74, 6) is -6.30. The molecule has 0 saturated carbocycles. The van der Waals surface area contributed by atoms with Crippen LogP contribution >= 0.6 is 0 Å². The Morgan fingerprint density at radius 2 is 1.37 bits per heavy atom. The summed E-state index contributed by atoms with van der Waals surface area (Å²) >= 11 is 0. The molecule has 0 radical (unpaired) electrons. The second kappa shape index (κ2) is 13.6. The van der Waals surface area contributed by atoms with E-state index in [1.165, 1.54) is 0 Å². The molecule has 11 N–H and O–H groups in total.